The zero-order valence-corrected chi connectivity index (χ0v) is 23.0. The molecule has 3 rings (SSSR count). The van der Waals surface area contributed by atoms with Crippen molar-refractivity contribution in [3.63, 3.8) is 0 Å². The number of benzene rings is 1. The summed E-state index contributed by atoms with van der Waals surface area (Å²) in [5.74, 6) is -0.512. The highest BCUT2D eigenvalue weighted by Gasteiger charge is 2.28. The van der Waals surface area contributed by atoms with Crippen molar-refractivity contribution in [1.29, 1.82) is 0 Å². The van der Waals surface area contributed by atoms with E-state index in [9.17, 15) is 19.5 Å². The molecule has 1 aromatic heterocycles. The van der Waals surface area contributed by atoms with Gasteiger partial charge in [0.25, 0.3) is 0 Å². The second-order valence-corrected chi connectivity index (χ2v) is 9.59. The number of ether oxygens (including phenoxy) is 2. The summed E-state index contributed by atoms with van der Waals surface area (Å²) in [4.78, 5) is 43.8. The van der Waals surface area contributed by atoms with Gasteiger partial charge in [-0.05, 0) is 29.8 Å². The number of carbonyl (C=O) groups excluding carboxylic acids is 3. The fraction of sp³-hybridized carbons (Fsp3) is 0.476. The number of halogens is 2. The number of esters is 1. The minimum absolute atomic E-state index is 0. The Labute approximate surface area is 226 Å². The highest BCUT2D eigenvalue weighted by Crippen LogP contribution is 2.39. The molecule has 1 aliphatic rings. The van der Waals surface area contributed by atoms with Crippen LogP contribution in [0.2, 0.25) is 0 Å². The van der Waals surface area contributed by atoms with E-state index in [-0.39, 0.29) is 66.6 Å². The average molecular weight is 609 g/mol. The number of fused-ring (bicyclic) bond motifs is 1. The molecule has 1 aliphatic heterocycles. The van der Waals surface area contributed by atoms with Crippen LogP contribution in [0.4, 0.5) is 0 Å². The third-order valence-electron chi connectivity index (χ3n) is 5.08. The van der Waals surface area contributed by atoms with Gasteiger partial charge in [0, 0.05) is 23.1 Å². The molecular formula is C21H27BrClN5O7S. The minimum atomic E-state index is -0.863. The number of methoxy groups -OCH3 is 1. The van der Waals surface area contributed by atoms with E-state index in [0.717, 1.165) is 0 Å². The van der Waals surface area contributed by atoms with Gasteiger partial charge in [-0.25, -0.2) is 4.79 Å². The van der Waals surface area contributed by atoms with Crippen LogP contribution in [0.1, 0.15) is 40.6 Å². The van der Waals surface area contributed by atoms with Gasteiger partial charge in [0.2, 0.25) is 17.7 Å². The lowest BCUT2D eigenvalue weighted by atomic mass is 10.1. The molecule has 0 radical (unpaired) electrons. The summed E-state index contributed by atoms with van der Waals surface area (Å²) in [5.41, 5.74) is 6.16. The average Bonchev–Trinajstić information content (AvgIpc) is 3.24. The minimum Gasteiger partial charge on any atom is -0.507 e. The molecule has 0 aliphatic carbocycles. The number of amides is 2. The van der Waals surface area contributed by atoms with Crippen molar-refractivity contribution in [3.05, 3.63) is 33.4 Å². The van der Waals surface area contributed by atoms with Crippen molar-refractivity contribution in [1.82, 2.24) is 20.4 Å². The fourth-order valence-corrected chi connectivity index (χ4v) is 5.12. The Morgan fingerprint density at radius 2 is 2.17 bits per heavy atom. The molecule has 15 heteroatoms. The van der Waals surface area contributed by atoms with E-state index in [2.05, 4.69) is 31.4 Å². The van der Waals surface area contributed by atoms with Crippen molar-refractivity contribution in [2.45, 2.75) is 31.7 Å². The number of rotatable bonds is 3. The molecule has 2 heterocycles. The standard InChI is InChI=1S/C21H26BrN5O7S.ClH/c1-10(23)20(30)27-4-5-33-21(31)17-12(14(28)6-15(32-3)18(17)22)8-35-9-13(25-16(29)7-27)19-24-11(2)26-34-19;/h6,10,13,28H,4-5,7-9,23H2,1-3H3,(H,25,29);1H/t10-,13-;/m0./s1. The Morgan fingerprint density at radius 3 is 2.78 bits per heavy atom. The van der Waals surface area contributed by atoms with Gasteiger partial charge in [0.05, 0.1) is 36.3 Å². The first-order chi connectivity index (χ1) is 16.6. The van der Waals surface area contributed by atoms with Crippen LogP contribution in [0, 0.1) is 6.92 Å². The lowest BCUT2D eigenvalue weighted by Gasteiger charge is -2.25. The molecule has 2 amide bonds. The molecule has 2 aromatic rings. The van der Waals surface area contributed by atoms with Crippen molar-refractivity contribution in [2.75, 3.05) is 32.6 Å². The third-order valence-corrected chi connectivity index (χ3v) is 6.93. The number of nitrogens with one attached hydrogen (secondary N) is 1. The predicted molar refractivity (Wildman–Crippen MR) is 136 cm³/mol. The van der Waals surface area contributed by atoms with Crippen molar-refractivity contribution < 1.29 is 33.5 Å². The Bertz CT molecular complexity index is 1120. The van der Waals surface area contributed by atoms with Crippen LogP contribution in [-0.2, 0) is 20.1 Å². The molecule has 0 unspecified atom stereocenters. The summed E-state index contributed by atoms with van der Waals surface area (Å²) in [7, 11) is 1.41. The number of hydrogen-bond donors (Lipinski definition) is 3. The van der Waals surface area contributed by atoms with E-state index in [4.69, 9.17) is 19.7 Å². The Kier molecular flexibility index (Phi) is 10.8. The van der Waals surface area contributed by atoms with Crippen molar-refractivity contribution in [3.8, 4) is 11.5 Å². The molecule has 198 valence electrons. The summed E-state index contributed by atoms with van der Waals surface area (Å²) in [5, 5.41) is 17.2. The summed E-state index contributed by atoms with van der Waals surface area (Å²) < 4.78 is 16.2. The van der Waals surface area contributed by atoms with Crippen LogP contribution < -0.4 is 15.8 Å². The van der Waals surface area contributed by atoms with Crippen molar-refractivity contribution in [2.24, 2.45) is 5.73 Å². The highest BCUT2D eigenvalue weighted by atomic mass is 79.9. The second-order valence-electron chi connectivity index (χ2n) is 7.76. The number of carbonyl (C=O) groups is 3. The summed E-state index contributed by atoms with van der Waals surface area (Å²) in [6, 6.07) is -0.148. The second kappa shape index (κ2) is 13.1. The number of aryl methyl sites for hydroxylation is 1. The molecule has 0 fully saturated rings. The van der Waals surface area contributed by atoms with Crippen LogP contribution in [-0.4, -0.2) is 76.5 Å². The number of phenols is 1. The number of hydrogen-bond acceptors (Lipinski definition) is 11. The van der Waals surface area contributed by atoms with Gasteiger partial charge in [-0.1, -0.05) is 5.16 Å². The van der Waals surface area contributed by atoms with Crippen LogP contribution in [0.5, 0.6) is 11.5 Å². The monoisotopic (exact) mass is 607 g/mol. The zero-order valence-electron chi connectivity index (χ0n) is 19.8. The van der Waals surface area contributed by atoms with Gasteiger partial charge < -0.3 is 35.1 Å². The first-order valence-electron chi connectivity index (χ1n) is 10.6. The highest BCUT2D eigenvalue weighted by molar-refractivity contribution is 9.10. The number of aromatic nitrogens is 2. The molecule has 36 heavy (non-hydrogen) atoms. The Hall–Kier alpha value is -2.55. The molecular weight excluding hydrogens is 582 g/mol. The molecule has 12 nitrogen and oxygen atoms in total. The van der Waals surface area contributed by atoms with Crippen molar-refractivity contribution >= 4 is 57.9 Å². The molecule has 0 bridgehead atoms. The summed E-state index contributed by atoms with van der Waals surface area (Å²) >= 11 is 4.68. The largest absolute Gasteiger partial charge is 0.507 e. The summed E-state index contributed by atoms with van der Waals surface area (Å²) in [6.07, 6.45) is 0. The van der Waals surface area contributed by atoms with Gasteiger partial charge in [-0.3, -0.25) is 9.59 Å². The summed E-state index contributed by atoms with van der Waals surface area (Å²) in [6.45, 7) is 2.58. The van der Waals surface area contributed by atoms with E-state index in [0.29, 0.717) is 15.9 Å². The first kappa shape index (κ1) is 29.7. The van der Waals surface area contributed by atoms with E-state index in [1.165, 1.54) is 36.8 Å². The van der Waals surface area contributed by atoms with Gasteiger partial charge in [0.1, 0.15) is 24.1 Å². The Balaban J connectivity index is 0.00000456. The fourth-order valence-electron chi connectivity index (χ4n) is 3.36. The quantitative estimate of drug-likeness (QED) is 0.434. The van der Waals surface area contributed by atoms with E-state index in [1.807, 2.05) is 0 Å². The number of phenolic OH excluding ortho intramolecular Hbond substituents is 1. The molecule has 0 saturated heterocycles. The lowest BCUT2D eigenvalue weighted by molar-refractivity contribution is -0.137. The molecule has 1 aromatic carbocycles. The number of cyclic esters (lactones) is 1. The third kappa shape index (κ3) is 7.02. The van der Waals surface area contributed by atoms with Gasteiger partial charge in [0.15, 0.2) is 5.82 Å². The first-order valence-corrected chi connectivity index (χ1v) is 12.5. The number of thioether (sulfide) groups is 1. The van der Waals surface area contributed by atoms with Gasteiger partial charge in [-0.15, -0.1) is 12.4 Å². The molecule has 2 atom stereocenters. The Morgan fingerprint density at radius 1 is 1.44 bits per heavy atom. The normalized spacial score (nSPS) is 18.1. The maximum atomic E-state index is 13.0. The van der Waals surface area contributed by atoms with E-state index < -0.39 is 29.9 Å². The smallest absolute Gasteiger partial charge is 0.339 e. The van der Waals surface area contributed by atoms with Gasteiger partial charge in [-0.2, -0.15) is 16.7 Å². The maximum Gasteiger partial charge on any atom is 0.339 e. The zero-order chi connectivity index (χ0) is 25.7. The molecule has 4 N–H and O–H groups in total. The maximum absolute atomic E-state index is 13.0. The number of aromatic hydroxyl groups is 1. The molecule has 0 saturated carbocycles. The van der Waals surface area contributed by atoms with Crippen LogP contribution in [0.3, 0.4) is 0 Å². The van der Waals surface area contributed by atoms with Crippen LogP contribution in [0.15, 0.2) is 15.1 Å². The predicted octanol–water partition coefficient (Wildman–Crippen LogP) is 1.71. The topological polar surface area (TPSA) is 170 Å². The SMILES string of the molecule is COc1cc(O)c2c(c1Br)C(=O)OCCN(C(=O)[C@H](C)N)CC(=O)N[C@H](c1nc(C)no1)CSC2.Cl. The molecule has 0 spiro atoms. The lowest BCUT2D eigenvalue weighted by Crippen LogP contribution is -2.48. The number of nitrogens with zero attached hydrogens (tertiary/aromatic N) is 3. The van der Waals surface area contributed by atoms with E-state index >= 15 is 0 Å². The number of nitrogens with two attached hydrogens (primary N) is 1. The van der Waals surface area contributed by atoms with Crippen LogP contribution >= 0.6 is 40.1 Å². The van der Waals surface area contributed by atoms with Crippen LogP contribution in [0.25, 0.3) is 0 Å². The van der Waals surface area contributed by atoms with Gasteiger partial charge >= 0.3 is 5.97 Å². The van der Waals surface area contributed by atoms with E-state index in [1.54, 1.807) is 6.92 Å².